The van der Waals surface area contributed by atoms with Crippen LogP contribution < -0.4 is 0 Å². The highest BCUT2D eigenvalue weighted by Crippen LogP contribution is 2.37. The lowest BCUT2D eigenvalue weighted by molar-refractivity contribution is -0.586. The van der Waals surface area contributed by atoms with Gasteiger partial charge >= 0.3 is 0 Å². The Hall–Kier alpha value is -0.600. The largest absolute Gasteiger partial charge is 0.264 e. The third kappa shape index (κ3) is 0.802. The minimum Gasteiger partial charge on any atom is -0.264 e. The van der Waals surface area contributed by atoms with E-state index in [0.29, 0.717) is 6.42 Å². The SMILES string of the molecule is CCC1([N+](=O)[O-])CCC1. The Morgan fingerprint density at radius 2 is 2.22 bits per heavy atom. The summed E-state index contributed by atoms with van der Waals surface area (Å²) in [5.41, 5.74) is -0.514. The van der Waals surface area contributed by atoms with Crippen molar-refractivity contribution in [3.05, 3.63) is 10.1 Å². The van der Waals surface area contributed by atoms with Gasteiger partial charge < -0.3 is 0 Å². The standard InChI is InChI=1S/C6H11NO2/c1-2-6(7(8)9)4-3-5-6/h2-5H2,1H3. The van der Waals surface area contributed by atoms with Crippen molar-refractivity contribution < 1.29 is 4.92 Å². The van der Waals surface area contributed by atoms with Crippen molar-refractivity contribution in [2.45, 2.75) is 38.1 Å². The van der Waals surface area contributed by atoms with E-state index in [0.717, 1.165) is 19.3 Å². The number of hydrogen-bond donors (Lipinski definition) is 0. The molecule has 0 heterocycles. The van der Waals surface area contributed by atoms with Gasteiger partial charge in [-0.2, -0.15) is 0 Å². The zero-order chi connectivity index (χ0) is 6.91. The molecule has 1 rings (SSSR count). The molecule has 0 aliphatic heterocycles. The average molecular weight is 129 g/mol. The minimum absolute atomic E-state index is 0.115. The maximum atomic E-state index is 10.3. The Labute approximate surface area is 54.2 Å². The third-order valence-corrected chi connectivity index (χ3v) is 2.33. The molecule has 1 aliphatic carbocycles. The monoisotopic (exact) mass is 129 g/mol. The van der Waals surface area contributed by atoms with Crippen molar-refractivity contribution in [1.82, 2.24) is 0 Å². The summed E-state index contributed by atoms with van der Waals surface area (Å²) in [4.78, 5) is 10.2. The van der Waals surface area contributed by atoms with Crippen molar-refractivity contribution in [2.24, 2.45) is 0 Å². The van der Waals surface area contributed by atoms with Crippen molar-refractivity contribution in [3.8, 4) is 0 Å². The number of nitrogens with zero attached hydrogens (tertiary/aromatic N) is 1. The summed E-state index contributed by atoms with van der Waals surface area (Å²) >= 11 is 0. The molecule has 0 aromatic heterocycles. The molecule has 3 heteroatoms. The van der Waals surface area contributed by atoms with E-state index in [-0.39, 0.29) is 4.92 Å². The fourth-order valence-electron chi connectivity index (χ4n) is 1.25. The molecule has 0 atom stereocenters. The topological polar surface area (TPSA) is 43.1 Å². The first-order valence-corrected chi connectivity index (χ1v) is 3.36. The zero-order valence-electron chi connectivity index (χ0n) is 5.59. The predicted octanol–water partition coefficient (Wildman–Crippen LogP) is 1.60. The summed E-state index contributed by atoms with van der Waals surface area (Å²) in [5.74, 6) is 0. The van der Waals surface area contributed by atoms with Crippen LogP contribution in [0.4, 0.5) is 0 Å². The Morgan fingerprint density at radius 3 is 2.22 bits per heavy atom. The van der Waals surface area contributed by atoms with Gasteiger partial charge in [0.2, 0.25) is 5.54 Å². The second-order valence-corrected chi connectivity index (χ2v) is 2.69. The molecule has 0 unspecified atom stereocenters. The van der Waals surface area contributed by atoms with Crippen LogP contribution in [0.15, 0.2) is 0 Å². The normalized spacial score (nSPS) is 22.8. The molecule has 0 amide bonds. The van der Waals surface area contributed by atoms with E-state index >= 15 is 0 Å². The molecule has 1 saturated carbocycles. The number of hydrogen-bond acceptors (Lipinski definition) is 2. The van der Waals surface area contributed by atoms with Crippen molar-refractivity contribution >= 4 is 0 Å². The minimum atomic E-state index is -0.514. The first kappa shape index (κ1) is 6.52. The Balaban J connectivity index is 2.57. The third-order valence-electron chi connectivity index (χ3n) is 2.33. The maximum Gasteiger partial charge on any atom is 0.222 e. The molecule has 1 fully saturated rings. The molecule has 0 aromatic carbocycles. The molecule has 1 aliphatic rings. The summed E-state index contributed by atoms with van der Waals surface area (Å²) in [6.45, 7) is 1.89. The second kappa shape index (κ2) is 1.97. The van der Waals surface area contributed by atoms with Crippen LogP contribution in [0.25, 0.3) is 0 Å². The fraction of sp³-hybridized carbons (Fsp3) is 1.00. The van der Waals surface area contributed by atoms with E-state index in [1.807, 2.05) is 6.92 Å². The predicted molar refractivity (Wildman–Crippen MR) is 33.9 cm³/mol. The molecule has 52 valence electrons. The van der Waals surface area contributed by atoms with Crippen LogP contribution >= 0.6 is 0 Å². The molecule has 0 aromatic rings. The van der Waals surface area contributed by atoms with Crippen LogP contribution in [0.1, 0.15) is 32.6 Å². The lowest BCUT2D eigenvalue weighted by atomic mass is 9.75. The highest BCUT2D eigenvalue weighted by molar-refractivity contribution is 4.86. The van der Waals surface area contributed by atoms with Crippen molar-refractivity contribution in [3.63, 3.8) is 0 Å². The van der Waals surface area contributed by atoms with Crippen molar-refractivity contribution in [2.75, 3.05) is 0 Å². The van der Waals surface area contributed by atoms with Gasteiger partial charge in [-0.25, -0.2) is 0 Å². The van der Waals surface area contributed by atoms with Crippen LogP contribution in [0.2, 0.25) is 0 Å². The first-order chi connectivity index (χ1) is 4.21. The van der Waals surface area contributed by atoms with E-state index in [2.05, 4.69) is 0 Å². The first-order valence-electron chi connectivity index (χ1n) is 3.36. The Morgan fingerprint density at radius 1 is 1.67 bits per heavy atom. The molecule has 0 bridgehead atoms. The summed E-state index contributed by atoms with van der Waals surface area (Å²) in [6, 6.07) is 0. The van der Waals surface area contributed by atoms with Gasteiger partial charge in [-0.1, -0.05) is 6.92 Å². The summed E-state index contributed by atoms with van der Waals surface area (Å²) in [7, 11) is 0. The highest BCUT2D eigenvalue weighted by atomic mass is 16.6. The fourth-order valence-corrected chi connectivity index (χ4v) is 1.25. The molecular weight excluding hydrogens is 118 g/mol. The van der Waals surface area contributed by atoms with E-state index in [9.17, 15) is 10.1 Å². The Bertz CT molecular complexity index is 124. The Kier molecular flexibility index (Phi) is 1.43. The van der Waals surface area contributed by atoms with E-state index in [1.165, 1.54) is 0 Å². The molecule has 3 nitrogen and oxygen atoms in total. The molecule has 0 spiro atoms. The number of nitro groups is 1. The van der Waals surface area contributed by atoms with E-state index in [1.54, 1.807) is 0 Å². The summed E-state index contributed by atoms with van der Waals surface area (Å²) < 4.78 is 0. The van der Waals surface area contributed by atoms with Crippen LogP contribution in [0.3, 0.4) is 0 Å². The second-order valence-electron chi connectivity index (χ2n) is 2.69. The van der Waals surface area contributed by atoms with Crippen LogP contribution in [0.5, 0.6) is 0 Å². The molecule has 9 heavy (non-hydrogen) atoms. The summed E-state index contributed by atoms with van der Waals surface area (Å²) in [5, 5.41) is 10.3. The van der Waals surface area contributed by atoms with Gasteiger partial charge in [0.25, 0.3) is 0 Å². The maximum absolute atomic E-state index is 10.3. The van der Waals surface area contributed by atoms with Gasteiger partial charge in [0.05, 0.1) is 0 Å². The van der Waals surface area contributed by atoms with Crippen molar-refractivity contribution in [1.29, 1.82) is 0 Å². The zero-order valence-corrected chi connectivity index (χ0v) is 5.59. The molecule has 0 radical (unpaired) electrons. The van der Waals surface area contributed by atoms with Gasteiger partial charge in [-0.15, -0.1) is 0 Å². The quantitative estimate of drug-likeness (QED) is 0.419. The average Bonchev–Trinajstić information content (AvgIpc) is 1.62. The smallest absolute Gasteiger partial charge is 0.222 e. The molecular formula is C6H11NO2. The summed E-state index contributed by atoms with van der Waals surface area (Å²) in [6.07, 6.45) is 3.31. The van der Waals surface area contributed by atoms with Crippen LogP contribution in [-0.4, -0.2) is 10.5 Å². The van der Waals surface area contributed by atoms with Gasteiger partial charge in [0.1, 0.15) is 0 Å². The van der Waals surface area contributed by atoms with Gasteiger partial charge in [-0.05, 0) is 6.42 Å². The van der Waals surface area contributed by atoms with Gasteiger partial charge in [-0.3, -0.25) is 10.1 Å². The lowest BCUT2D eigenvalue weighted by Gasteiger charge is -2.31. The molecule has 0 saturated heterocycles. The van der Waals surface area contributed by atoms with E-state index < -0.39 is 5.54 Å². The van der Waals surface area contributed by atoms with Crippen LogP contribution in [0, 0.1) is 10.1 Å². The lowest BCUT2D eigenvalue weighted by Crippen LogP contribution is -2.44. The molecule has 0 N–H and O–H groups in total. The van der Waals surface area contributed by atoms with Gasteiger partial charge in [0, 0.05) is 24.2 Å². The number of rotatable bonds is 2. The van der Waals surface area contributed by atoms with E-state index in [4.69, 9.17) is 0 Å². The van der Waals surface area contributed by atoms with Gasteiger partial charge in [0.15, 0.2) is 0 Å². The highest BCUT2D eigenvalue weighted by Gasteiger charge is 2.46. The van der Waals surface area contributed by atoms with Crippen LogP contribution in [-0.2, 0) is 0 Å².